The number of carbonyl (C=O) groups excluding carboxylic acids is 1. The smallest absolute Gasteiger partial charge is 0.263 e. The fraction of sp³-hybridized carbons (Fsp3) is 0.273. The van der Waals surface area contributed by atoms with Gasteiger partial charge in [-0.05, 0) is 19.1 Å². The highest BCUT2D eigenvalue weighted by Gasteiger charge is 2.08. The van der Waals surface area contributed by atoms with Gasteiger partial charge < -0.3 is 4.57 Å². The van der Waals surface area contributed by atoms with Gasteiger partial charge in [0.2, 0.25) is 0 Å². The summed E-state index contributed by atoms with van der Waals surface area (Å²) < 4.78 is 2.66. The molecule has 0 saturated heterocycles. The van der Waals surface area contributed by atoms with E-state index in [0.29, 0.717) is 11.4 Å². The van der Waals surface area contributed by atoms with Gasteiger partial charge in [0, 0.05) is 0 Å². The number of halogens is 1. The molecule has 7 heteroatoms. The van der Waals surface area contributed by atoms with Crippen LogP contribution in [0.15, 0.2) is 24.3 Å². The number of amides is 1. The van der Waals surface area contributed by atoms with Crippen molar-refractivity contribution >= 4 is 44.4 Å². The molecule has 2 N–H and O–H groups in total. The molecule has 0 saturated carbocycles. The van der Waals surface area contributed by atoms with Crippen LogP contribution in [0, 0.1) is 5.41 Å². The number of nitrogens with one attached hydrogen (secondary N) is 2. The third-order valence-corrected chi connectivity index (χ3v) is 3.22. The van der Waals surface area contributed by atoms with Crippen LogP contribution < -0.4 is 10.3 Å². The third-order valence-electron chi connectivity index (χ3n) is 2.24. The molecule has 1 heterocycles. The van der Waals surface area contributed by atoms with Gasteiger partial charge in [0.1, 0.15) is 6.54 Å². The number of hydroxylamine groups is 1. The molecule has 0 spiro atoms. The first kappa shape index (κ1) is 14.9. The van der Waals surface area contributed by atoms with E-state index in [2.05, 4.69) is 5.48 Å². The second-order valence-electron chi connectivity index (χ2n) is 3.42. The van der Waals surface area contributed by atoms with Crippen molar-refractivity contribution in [2.24, 2.45) is 0 Å². The van der Waals surface area contributed by atoms with E-state index in [4.69, 9.17) is 10.2 Å². The van der Waals surface area contributed by atoms with Gasteiger partial charge in [-0.15, -0.1) is 17.0 Å². The average Bonchev–Trinajstić information content (AvgIpc) is 2.64. The van der Waals surface area contributed by atoms with Crippen molar-refractivity contribution in [2.75, 3.05) is 6.61 Å². The number of rotatable bonds is 4. The van der Waals surface area contributed by atoms with E-state index < -0.39 is 0 Å². The summed E-state index contributed by atoms with van der Waals surface area (Å²) in [4.78, 5) is 16.7. The Morgan fingerprint density at radius 3 is 2.94 bits per heavy atom. The molecule has 1 aromatic heterocycles. The number of benzene rings is 1. The lowest BCUT2D eigenvalue weighted by molar-refractivity contribution is -0.133. The summed E-state index contributed by atoms with van der Waals surface area (Å²) in [5, 5.41) is 7.83. The quantitative estimate of drug-likeness (QED) is 0.839. The van der Waals surface area contributed by atoms with Gasteiger partial charge in [0.15, 0.2) is 4.80 Å². The van der Waals surface area contributed by atoms with Crippen LogP contribution in [-0.4, -0.2) is 17.1 Å². The number of hydrogen-bond acceptors (Lipinski definition) is 4. The highest BCUT2D eigenvalue weighted by molar-refractivity contribution is 8.93. The Hall–Kier alpha value is -1.18. The minimum Gasteiger partial charge on any atom is -0.307 e. The largest absolute Gasteiger partial charge is 0.307 e. The Balaban J connectivity index is 0.00000162. The number of fused-ring (bicyclic) bond motifs is 1. The molecule has 0 fully saturated rings. The minimum absolute atomic E-state index is 0. The van der Waals surface area contributed by atoms with E-state index >= 15 is 0 Å². The number of carbonyl (C=O) groups is 1. The molecular weight excluding hydrogens is 318 g/mol. The fourth-order valence-electron chi connectivity index (χ4n) is 1.52. The van der Waals surface area contributed by atoms with Gasteiger partial charge in [-0.1, -0.05) is 23.5 Å². The predicted molar refractivity (Wildman–Crippen MR) is 75.8 cm³/mol. The molecular formula is C11H14BrN3O2S. The number of aromatic nitrogens is 1. The number of nitrogens with zero attached hydrogens (tertiary/aromatic N) is 1. The molecule has 2 rings (SSSR count). The molecule has 0 aliphatic carbocycles. The maximum absolute atomic E-state index is 11.5. The highest BCUT2D eigenvalue weighted by atomic mass is 79.9. The molecule has 0 atom stereocenters. The minimum atomic E-state index is -0.256. The normalized spacial score (nSPS) is 10.1. The zero-order valence-corrected chi connectivity index (χ0v) is 12.3. The van der Waals surface area contributed by atoms with Gasteiger partial charge in [-0.2, -0.15) is 0 Å². The van der Waals surface area contributed by atoms with Gasteiger partial charge in [-0.25, -0.2) is 5.48 Å². The number of para-hydroxylation sites is 1. The lowest BCUT2D eigenvalue weighted by Crippen LogP contribution is -2.30. The van der Waals surface area contributed by atoms with Gasteiger partial charge in [-0.3, -0.25) is 15.0 Å². The third kappa shape index (κ3) is 3.18. The van der Waals surface area contributed by atoms with Crippen LogP contribution in [0.1, 0.15) is 6.92 Å². The molecule has 0 unspecified atom stereocenters. The summed E-state index contributed by atoms with van der Waals surface area (Å²) in [6.45, 7) is 2.32. The Labute approximate surface area is 119 Å². The Bertz CT molecular complexity index is 593. The highest BCUT2D eigenvalue weighted by Crippen LogP contribution is 2.15. The van der Waals surface area contributed by atoms with Crippen LogP contribution in [0.5, 0.6) is 0 Å². The fourth-order valence-corrected chi connectivity index (χ4v) is 2.43. The zero-order chi connectivity index (χ0) is 12.3. The van der Waals surface area contributed by atoms with Crippen LogP contribution in [-0.2, 0) is 16.2 Å². The van der Waals surface area contributed by atoms with E-state index in [1.165, 1.54) is 11.3 Å². The lowest BCUT2D eigenvalue weighted by atomic mass is 10.3. The van der Waals surface area contributed by atoms with Gasteiger partial charge in [0.05, 0.1) is 16.8 Å². The Morgan fingerprint density at radius 1 is 1.50 bits per heavy atom. The van der Waals surface area contributed by atoms with E-state index in [9.17, 15) is 4.79 Å². The average molecular weight is 332 g/mol. The summed E-state index contributed by atoms with van der Waals surface area (Å²) in [6.07, 6.45) is 0. The Kier molecular flexibility index (Phi) is 5.52. The van der Waals surface area contributed by atoms with Crippen LogP contribution in [0.25, 0.3) is 10.2 Å². The summed E-state index contributed by atoms with van der Waals surface area (Å²) >= 11 is 1.35. The first-order valence-electron chi connectivity index (χ1n) is 5.26. The van der Waals surface area contributed by atoms with E-state index in [1.54, 1.807) is 11.5 Å². The molecule has 98 valence electrons. The summed E-state index contributed by atoms with van der Waals surface area (Å²) in [5.41, 5.74) is 3.22. The summed E-state index contributed by atoms with van der Waals surface area (Å²) in [7, 11) is 0. The molecule has 0 aliphatic heterocycles. The van der Waals surface area contributed by atoms with Crippen molar-refractivity contribution in [3.8, 4) is 0 Å². The molecule has 1 amide bonds. The number of thiazole rings is 1. The lowest BCUT2D eigenvalue weighted by Gasteiger charge is -2.05. The van der Waals surface area contributed by atoms with Crippen molar-refractivity contribution in [1.29, 1.82) is 5.41 Å². The Morgan fingerprint density at radius 2 is 2.22 bits per heavy atom. The molecule has 1 aromatic carbocycles. The molecule has 2 aromatic rings. The standard InChI is InChI=1S/C11H13N3O2S.BrH/c1-2-16-13-10(15)7-14-8-5-3-4-6-9(8)17-11(14)12;/h3-6,12H,2,7H2,1H3,(H,13,15);1H. The van der Waals surface area contributed by atoms with Crippen LogP contribution in [0.2, 0.25) is 0 Å². The number of hydrogen-bond donors (Lipinski definition) is 2. The van der Waals surface area contributed by atoms with Crippen molar-refractivity contribution < 1.29 is 9.63 Å². The van der Waals surface area contributed by atoms with Crippen molar-refractivity contribution in [3.63, 3.8) is 0 Å². The van der Waals surface area contributed by atoms with E-state index in [1.807, 2.05) is 24.3 Å². The topological polar surface area (TPSA) is 67.1 Å². The van der Waals surface area contributed by atoms with Gasteiger partial charge in [0.25, 0.3) is 5.91 Å². The predicted octanol–water partition coefficient (Wildman–Crippen LogP) is 1.83. The summed E-state index contributed by atoms with van der Waals surface area (Å²) in [5.74, 6) is -0.256. The first-order valence-corrected chi connectivity index (χ1v) is 6.07. The van der Waals surface area contributed by atoms with E-state index in [-0.39, 0.29) is 29.4 Å². The van der Waals surface area contributed by atoms with Crippen LogP contribution >= 0.6 is 28.3 Å². The van der Waals surface area contributed by atoms with Crippen LogP contribution in [0.4, 0.5) is 0 Å². The first-order chi connectivity index (χ1) is 8.22. The molecule has 5 nitrogen and oxygen atoms in total. The van der Waals surface area contributed by atoms with Crippen LogP contribution in [0.3, 0.4) is 0 Å². The second kappa shape index (κ2) is 6.67. The SMILES string of the molecule is Br.CCONC(=O)Cn1c(=N)sc2ccccc21. The van der Waals surface area contributed by atoms with Gasteiger partial charge >= 0.3 is 0 Å². The molecule has 0 aliphatic rings. The molecule has 0 radical (unpaired) electrons. The van der Waals surface area contributed by atoms with E-state index in [0.717, 1.165) is 10.2 Å². The maximum Gasteiger partial charge on any atom is 0.263 e. The zero-order valence-electron chi connectivity index (χ0n) is 9.80. The molecule has 0 bridgehead atoms. The second-order valence-corrected chi connectivity index (χ2v) is 4.45. The summed E-state index contributed by atoms with van der Waals surface area (Å²) in [6, 6.07) is 7.65. The molecule has 18 heavy (non-hydrogen) atoms. The van der Waals surface area contributed by atoms with Crippen molar-refractivity contribution in [1.82, 2.24) is 10.0 Å². The monoisotopic (exact) mass is 331 g/mol. The maximum atomic E-state index is 11.5. The van der Waals surface area contributed by atoms with Crippen molar-refractivity contribution in [2.45, 2.75) is 13.5 Å². The van der Waals surface area contributed by atoms with Crippen molar-refractivity contribution in [3.05, 3.63) is 29.1 Å².